The highest BCUT2D eigenvalue weighted by Gasteiger charge is 2.32. The van der Waals surface area contributed by atoms with Crippen molar-refractivity contribution < 1.29 is 37.3 Å². The predicted octanol–water partition coefficient (Wildman–Crippen LogP) is 6.12. The molecule has 5 nitrogen and oxygen atoms in total. The predicted molar refractivity (Wildman–Crippen MR) is 109 cm³/mol. The Labute approximate surface area is 183 Å². The number of aromatic hydroxyl groups is 1. The first kappa shape index (κ1) is 25.3. The van der Waals surface area contributed by atoms with Gasteiger partial charge in [-0.25, -0.2) is 0 Å². The van der Waals surface area contributed by atoms with E-state index in [1.54, 1.807) is 12.1 Å². The summed E-state index contributed by atoms with van der Waals surface area (Å²) < 4.78 is 51.8. The molecule has 0 saturated heterocycles. The maximum atomic E-state index is 12.2. The zero-order valence-corrected chi connectivity index (χ0v) is 18.7. The maximum absolute atomic E-state index is 12.2. The van der Waals surface area contributed by atoms with E-state index < -0.39 is 6.36 Å². The van der Waals surface area contributed by atoms with Crippen LogP contribution in [0.4, 0.5) is 13.2 Å². The molecule has 10 heteroatoms. The number of hydrogen-bond donors (Lipinski definition) is 1. The minimum absolute atomic E-state index is 0.0203. The summed E-state index contributed by atoms with van der Waals surface area (Å²) in [5.41, 5.74) is 0.355. The smallest absolute Gasteiger partial charge is 0.507 e. The minimum Gasteiger partial charge on any atom is -0.507 e. The maximum Gasteiger partial charge on any atom is 0.573 e. The summed E-state index contributed by atoms with van der Waals surface area (Å²) in [5.74, 6) is -0.428. The molecular weight excluding hydrogens is 525 g/mol. The topological polar surface area (TPSA) is 65.0 Å². The number of phenols is 1. The van der Waals surface area contributed by atoms with Gasteiger partial charge in [0.1, 0.15) is 5.75 Å². The van der Waals surface area contributed by atoms with Gasteiger partial charge in [0.05, 0.1) is 12.2 Å². The number of hydrogen-bond acceptors (Lipinski definition) is 5. The van der Waals surface area contributed by atoms with E-state index in [0.717, 1.165) is 4.47 Å². The van der Waals surface area contributed by atoms with E-state index >= 15 is 0 Å². The van der Waals surface area contributed by atoms with Gasteiger partial charge < -0.3 is 19.3 Å². The lowest BCUT2D eigenvalue weighted by Gasteiger charge is -2.14. The number of Topliss-reactive ketones (excluding diaryl/α,β-unsaturated/α-hetero) is 1. The highest BCUT2D eigenvalue weighted by molar-refractivity contribution is 9.10. The standard InChI is InChI=1S/C11H12BrF3O3.C8H7BrO2/c1-16-5-2-6-17-10-7-8(12)3-4-9(10)18-11(13,14)15;1-5(10)7-3-2-6(9)4-8(7)11/h3-4,7H,2,5-6H2,1H3;2-4,11H,1H3. The number of carbonyl (C=O) groups excluding carboxylic acids is 1. The van der Waals surface area contributed by atoms with Crippen molar-refractivity contribution in [2.24, 2.45) is 0 Å². The first-order chi connectivity index (χ1) is 13.5. The lowest BCUT2D eigenvalue weighted by atomic mass is 10.1. The van der Waals surface area contributed by atoms with Crippen LogP contribution in [0.3, 0.4) is 0 Å². The second-order valence-electron chi connectivity index (χ2n) is 5.55. The number of ketones is 1. The number of phenolic OH excluding ortho intramolecular Hbond substituents is 1. The Morgan fingerprint density at radius 3 is 2.21 bits per heavy atom. The van der Waals surface area contributed by atoms with Gasteiger partial charge in [-0.05, 0) is 43.3 Å². The molecule has 0 bridgehead atoms. The molecule has 0 aliphatic rings. The number of benzene rings is 2. The van der Waals surface area contributed by atoms with Crippen LogP contribution in [0.25, 0.3) is 0 Å². The van der Waals surface area contributed by atoms with Crippen molar-refractivity contribution in [3.8, 4) is 17.2 Å². The molecule has 0 aliphatic heterocycles. The van der Waals surface area contributed by atoms with E-state index in [4.69, 9.17) is 9.47 Å². The van der Waals surface area contributed by atoms with Crippen LogP contribution in [0.2, 0.25) is 0 Å². The average molecular weight is 544 g/mol. The van der Waals surface area contributed by atoms with E-state index in [0.29, 0.717) is 23.1 Å². The van der Waals surface area contributed by atoms with E-state index in [1.165, 1.54) is 38.3 Å². The zero-order chi connectivity index (χ0) is 22.0. The van der Waals surface area contributed by atoms with Crippen molar-refractivity contribution in [2.45, 2.75) is 19.7 Å². The summed E-state index contributed by atoms with van der Waals surface area (Å²) in [6, 6.07) is 8.87. The Morgan fingerprint density at radius 1 is 1.03 bits per heavy atom. The third-order valence-corrected chi connectivity index (χ3v) is 4.21. The summed E-state index contributed by atoms with van der Waals surface area (Å²) in [6.07, 6.45) is -4.16. The minimum atomic E-state index is -4.74. The second kappa shape index (κ2) is 12.0. The summed E-state index contributed by atoms with van der Waals surface area (Å²) in [6.45, 7) is 2.14. The summed E-state index contributed by atoms with van der Waals surface area (Å²) in [7, 11) is 1.54. The quantitative estimate of drug-likeness (QED) is 0.336. The number of rotatable bonds is 7. The molecule has 0 unspecified atom stereocenters. The molecule has 0 aliphatic carbocycles. The molecule has 0 fully saturated rings. The molecule has 2 aromatic carbocycles. The van der Waals surface area contributed by atoms with Crippen LogP contribution in [-0.2, 0) is 4.74 Å². The van der Waals surface area contributed by atoms with Crippen molar-refractivity contribution in [1.29, 1.82) is 0 Å². The fourth-order valence-electron chi connectivity index (χ4n) is 1.99. The SMILES string of the molecule is CC(=O)c1ccc(Br)cc1O.COCCCOc1cc(Br)ccc1OC(F)(F)F. The van der Waals surface area contributed by atoms with E-state index in [2.05, 4.69) is 36.6 Å². The van der Waals surface area contributed by atoms with E-state index in [1.807, 2.05) is 0 Å². The number of alkyl halides is 3. The van der Waals surface area contributed by atoms with Gasteiger partial charge >= 0.3 is 6.36 Å². The van der Waals surface area contributed by atoms with Crippen LogP contribution < -0.4 is 9.47 Å². The molecule has 2 aromatic rings. The van der Waals surface area contributed by atoms with Crippen LogP contribution in [0.1, 0.15) is 23.7 Å². The number of ether oxygens (including phenoxy) is 3. The van der Waals surface area contributed by atoms with Gasteiger partial charge in [-0.3, -0.25) is 4.79 Å². The van der Waals surface area contributed by atoms with Crippen molar-refractivity contribution in [2.75, 3.05) is 20.3 Å². The molecule has 0 amide bonds. The van der Waals surface area contributed by atoms with Crippen LogP contribution >= 0.6 is 31.9 Å². The molecule has 0 radical (unpaired) electrons. The fraction of sp³-hybridized carbons (Fsp3) is 0.316. The molecule has 29 heavy (non-hydrogen) atoms. The van der Waals surface area contributed by atoms with Crippen molar-refractivity contribution >= 4 is 37.6 Å². The molecule has 1 N–H and O–H groups in total. The monoisotopic (exact) mass is 542 g/mol. The first-order valence-corrected chi connectivity index (χ1v) is 9.78. The number of carbonyl (C=O) groups is 1. The summed E-state index contributed by atoms with van der Waals surface area (Å²) >= 11 is 6.33. The van der Waals surface area contributed by atoms with Gasteiger partial charge in [-0.2, -0.15) is 0 Å². The number of methoxy groups -OCH3 is 1. The van der Waals surface area contributed by atoms with Gasteiger partial charge in [-0.15, -0.1) is 13.2 Å². The molecule has 160 valence electrons. The Kier molecular flexibility index (Phi) is 10.5. The van der Waals surface area contributed by atoms with Crippen molar-refractivity contribution in [3.05, 3.63) is 50.9 Å². The van der Waals surface area contributed by atoms with E-state index in [-0.39, 0.29) is 29.6 Å². The molecule has 0 atom stereocenters. The summed E-state index contributed by atoms with van der Waals surface area (Å²) in [4.78, 5) is 10.8. The number of halogens is 5. The zero-order valence-electron chi connectivity index (χ0n) is 15.6. The van der Waals surface area contributed by atoms with E-state index in [9.17, 15) is 23.1 Å². The second-order valence-corrected chi connectivity index (χ2v) is 7.38. The Hall–Kier alpha value is -1.78. The largest absolute Gasteiger partial charge is 0.573 e. The summed E-state index contributed by atoms with van der Waals surface area (Å²) in [5, 5.41) is 9.21. The van der Waals surface area contributed by atoms with Gasteiger partial charge in [0.2, 0.25) is 0 Å². The molecular formula is C19H19Br2F3O5. The molecule has 0 spiro atoms. The van der Waals surface area contributed by atoms with Crippen LogP contribution in [0.5, 0.6) is 17.2 Å². The van der Waals surface area contributed by atoms with Crippen molar-refractivity contribution in [1.82, 2.24) is 0 Å². The van der Waals surface area contributed by atoms with Crippen molar-refractivity contribution in [3.63, 3.8) is 0 Å². The molecule has 0 aromatic heterocycles. The molecule has 2 rings (SSSR count). The van der Waals surface area contributed by atoms with Crippen LogP contribution in [-0.4, -0.2) is 37.6 Å². The highest BCUT2D eigenvalue weighted by Crippen LogP contribution is 2.34. The van der Waals surface area contributed by atoms with Gasteiger partial charge in [0.25, 0.3) is 0 Å². The van der Waals surface area contributed by atoms with Gasteiger partial charge in [0.15, 0.2) is 17.3 Å². The average Bonchev–Trinajstić information content (AvgIpc) is 2.60. The third kappa shape index (κ3) is 10.00. The Balaban J connectivity index is 0.000000326. The fourth-order valence-corrected chi connectivity index (χ4v) is 2.68. The first-order valence-electron chi connectivity index (χ1n) is 8.20. The molecule has 0 heterocycles. The third-order valence-electron chi connectivity index (χ3n) is 3.22. The van der Waals surface area contributed by atoms with Gasteiger partial charge in [-0.1, -0.05) is 31.9 Å². The lowest BCUT2D eigenvalue weighted by Crippen LogP contribution is -2.18. The van der Waals surface area contributed by atoms with Gasteiger partial charge in [0, 0.05) is 29.1 Å². The van der Waals surface area contributed by atoms with Crippen LogP contribution in [0.15, 0.2) is 45.3 Å². The normalized spacial score (nSPS) is 10.7. The highest BCUT2D eigenvalue weighted by atomic mass is 79.9. The molecule has 0 saturated carbocycles. The Morgan fingerprint density at radius 2 is 1.66 bits per heavy atom. The van der Waals surface area contributed by atoms with Crippen LogP contribution in [0, 0.1) is 0 Å². The Bertz CT molecular complexity index is 813. The lowest BCUT2D eigenvalue weighted by molar-refractivity contribution is -0.275.